The summed E-state index contributed by atoms with van der Waals surface area (Å²) in [5.41, 5.74) is 8.30. The number of hydrazine groups is 1. The van der Waals surface area contributed by atoms with Crippen molar-refractivity contribution >= 4 is 53.1 Å². The molecule has 1 aliphatic heterocycles. The van der Waals surface area contributed by atoms with Crippen molar-refractivity contribution in [2.75, 3.05) is 27.2 Å². The minimum atomic E-state index is -0.756. The quantitative estimate of drug-likeness (QED) is 0.422. The van der Waals surface area contributed by atoms with E-state index in [1.807, 2.05) is 26.3 Å². The van der Waals surface area contributed by atoms with Crippen molar-refractivity contribution in [3.8, 4) is 5.75 Å². The van der Waals surface area contributed by atoms with Gasteiger partial charge in [0.1, 0.15) is 5.69 Å². The Bertz CT molecular complexity index is 983. The first-order valence-corrected chi connectivity index (χ1v) is 12.7. The van der Waals surface area contributed by atoms with Crippen molar-refractivity contribution in [2.45, 2.75) is 19.3 Å². The Hall–Kier alpha value is -2.05. The third kappa shape index (κ3) is 6.01. The van der Waals surface area contributed by atoms with E-state index in [0.717, 1.165) is 16.5 Å². The molecular weight excluding hydrogens is 577 g/mol. The van der Waals surface area contributed by atoms with Crippen LogP contribution in [0.2, 0.25) is 0 Å². The Labute approximate surface area is 200 Å². The van der Waals surface area contributed by atoms with E-state index in [4.69, 9.17) is 10.5 Å². The Morgan fingerprint density at radius 3 is 2.65 bits per heavy atom. The SMILES string of the molecule is Cc1ccnc(C=IN2CCC(c3ccc(Br)cc3)CN2C(N)=O)c1OC(=O)N(C)C. The standard InChI is InChI=1S/C21H25BrIN5O3/c1-14-8-10-25-18(19(14)31-21(30)26(2)3)12-23-28-11-9-16(13-27(28)20(24)29)15-4-6-17(22)7-5-15/h4-8,10,12,16H,9,11,13H2,1-3H3,(H2,24,29). The van der Waals surface area contributed by atoms with Crippen molar-refractivity contribution in [3.05, 3.63) is 57.8 Å². The number of carbonyl (C=O) groups is 2. The fourth-order valence-corrected chi connectivity index (χ4v) is 5.67. The fraction of sp³-hybridized carbons (Fsp3) is 0.333. The summed E-state index contributed by atoms with van der Waals surface area (Å²) in [6.07, 6.45) is 2.14. The largest absolute Gasteiger partial charge is 0.414 e. The molecule has 1 atom stereocenters. The number of aromatic nitrogens is 1. The van der Waals surface area contributed by atoms with Gasteiger partial charge in [0.05, 0.1) is 0 Å². The van der Waals surface area contributed by atoms with Gasteiger partial charge in [-0.3, -0.25) is 4.98 Å². The van der Waals surface area contributed by atoms with Gasteiger partial charge in [-0.1, -0.05) is 28.1 Å². The summed E-state index contributed by atoms with van der Waals surface area (Å²) in [5.74, 6) is 0.672. The maximum atomic E-state index is 12.2. The van der Waals surface area contributed by atoms with Crippen LogP contribution in [0.3, 0.4) is 0 Å². The van der Waals surface area contributed by atoms with Crippen LogP contribution >= 0.6 is 36.9 Å². The number of primary amides is 1. The molecule has 1 aromatic heterocycles. The number of hydrogen-bond acceptors (Lipinski definition) is 5. The average molecular weight is 602 g/mol. The van der Waals surface area contributed by atoms with Crippen molar-refractivity contribution in [3.63, 3.8) is 0 Å². The van der Waals surface area contributed by atoms with E-state index >= 15 is 0 Å². The summed E-state index contributed by atoms with van der Waals surface area (Å²) in [4.78, 5) is 30.0. The summed E-state index contributed by atoms with van der Waals surface area (Å²) in [6, 6.07) is 9.51. The van der Waals surface area contributed by atoms with E-state index in [0.29, 0.717) is 24.5 Å². The summed E-state index contributed by atoms with van der Waals surface area (Å²) >= 11 is 2.70. The molecule has 1 aromatic carbocycles. The number of amides is 3. The van der Waals surface area contributed by atoms with Gasteiger partial charge in [-0.05, 0) is 63.7 Å². The zero-order chi connectivity index (χ0) is 22.5. The molecule has 3 rings (SSSR count). The topological polar surface area (TPSA) is 92.0 Å². The molecule has 3 amide bonds. The molecule has 2 heterocycles. The number of rotatable bonds is 4. The number of aryl methyl sites for hydroxylation is 1. The van der Waals surface area contributed by atoms with Crippen LogP contribution < -0.4 is 10.5 Å². The second-order valence-electron chi connectivity index (χ2n) is 7.33. The molecule has 1 saturated heterocycles. The van der Waals surface area contributed by atoms with E-state index in [9.17, 15) is 9.59 Å². The molecule has 1 aliphatic rings. The first-order chi connectivity index (χ1) is 14.8. The molecule has 0 bridgehead atoms. The van der Waals surface area contributed by atoms with Crippen LogP contribution in [0.1, 0.15) is 29.2 Å². The molecule has 8 nitrogen and oxygen atoms in total. The Kier molecular flexibility index (Phi) is 8.00. The molecule has 10 heteroatoms. The van der Waals surface area contributed by atoms with Gasteiger partial charge in [-0.25, -0.2) is 14.6 Å². The normalized spacial score (nSPS) is 17.3. The number of benzene rings is 1. The second-order valence-corrected chi connectivity index (χ2v) is 10.5. The van der Waals surface area contributed by atoms with Crippen LogP contribution in [0.5, 0.6) is 5.75 Å². The van der Waals surface area contributed by atoms with Crippen LogP contribution in [0.25, 0.3) is 0 Å². The smallest absolute Gasteiger partial charge is 0.408 e. The molecule has 2 N–H and O–H groups in total. The van der Waals surface area contributed by atoms with Gasteiger partial charge >= 0.3 is 12.1 Å². The van der Waals surface area contributed by atoms with Gasteiger partial charge in [-0.2, -0.15) is 3.22 Å². The van der Waals surface area contributed by atoms with Crippen LogP contribution in [-0.2, 0) is 0 Å². The molecule has 0 spiro atoms. The Morgan fingerprint density at radius 1 is 1.29 bits per heavy atom. The molecule has 0 radical (unpaired) electrons. The maximum Gasteiger partial charge on any atom is 0.414 e. The number of nitrogens with two attached hydrogens (primary N) is 1. The lowest BCUT2D eigenvalue weighted by Gasteiger charge is -2.38. The third-order valence-electron chi connectivity index (χ3n) is 4.86. The van der Waals surface area contributed by atoms with E-state index in [2.05, 4.69) is 33.0 Å². The van der Waals surface area contributed by atoms with Gasteiger partial charge < -0.3 is 15.4 Å². The predicted octanol–water partition coefficient (Wildman–Crippen LogP) is 4.03. The first-order valence-electron chi connectivity index (χ1n) is 9.67. The molecule has 2 aromatic rings. The number of urea groups is 1. The van der Waals surface area contributed by atoms with Gasteiger partial charge in [0.25, 0.3) is 0 Å². The molecule has 31 heavy (non-hydrogen) atoms. The number of ether oxygens (including phenoxy) is 1. The zero-order valence-electron chi connectivity index (χ0n) is 17.6. The van der Waals surface area contributed by atoms with Gasteiger partial charge in [-0.15, -0.1) is 0 Å². The summed E-state index contributed by atoms with van der Waals surface area (Å²) in [7, 11) is 3.26. The fourth-order valence-electron chi connectivity index (χ4n) is 3.13. The lowest BCUT2D eigenvalue weighted by atomic mass is 9.94. The van der Waals surface area contributed by atoms with Crippen molar-refractivity contribution in [1.29, 1.82) is 0 Å². The monoisotopic (exact) mass is 601 g/mol. The Morgan fingerprint density at radius 2 is 2.00 bits per heavy atom. The summed E-state index contributed by atoms with van der Waals surface area (Å²) in [6.45, 7) is 3.12. The number of halogens is 2. The maximum absolute atomic E-state index is 12.2. The van der Waals surface area contributed by atoms with Crippen LogP contribution in [0.4, 0.5) is 9.59 Å². The first kappa shape index (κ1) is 23.6. The van der Waals surface area contributed by atoms with E-state index in [-0.39, 0.29) is 5.92 Å². The highest BCUT2D eigenvalue weighted by atomic mass is 127. The Balaban J connectivity index is 1.79. The minimum Gasteiger partial charge on any atom is -0.408 e. The molecule has 166 valence electrons. The van der Waals surface area contributed by atoms with Crippen LogP contribution in [0, 0.1) is 6.92 Å². The number of nitrogens with zero attached hydrogens (tertiary/aromatic N) is 4. The molecule has 1 unspecified atom stereocenters. The van der Waals surface area contributed by atoms with Gasteiger partial charge in [0.2, 0.25) is 0 Å². The summed E-state index contributed by atoms with van der Waals surface area (Å²) in [5, 5.41) is 1.63. The van der Waals surface area contributed by atoms with E-state index in [1.54, 1.807) is 31.4 Å². The number of carbonyl (C=O) groups excluding carboxylic acids is 2. The molecule has 1 fully saturated rings. The van der Waals surface area contributed by atoms with E-state index < -0.39 is 33.1 Å². The molecule has 0 aliphatic carbocycles. The third-order valence-corrected chi connectivity index (χ3v) is 7.90. The lowest BCUT2D eigenvalue weighted by molar-refractivity contribution is 0.0864. The molecule has 0 saturated carbocycles. The van der Waals surface area contributed by atoms with E-state index in [1.165, 1.54) is 10.5 Å². The van der Waals surface area contributed by atoms with Gasteiger partial charge in [0, 0.05) is 47.8 Å². The highest BCUT2D eigenvalue weighted by Gasteiger charge is 2.29. The van der Waals surface area contributed by atoms with Crippen molar-refractivity contribution in [1.82, 2.24) is 18.1 Å². The highest BCUT2D eigenvalue weighted by Crippen LogP contribution is 2.31. The average Bonchev–Trinajstić information content (AvgIpc) is 2.74. The van der Waals surface area contributed by atoms with Crippen LogP contribution in [0.15, 0.2) is 41.0 Å². The number of hydrogen-bond donors (Lipinski definition) is 1. The van der Waals surface area contributed by atoms with Crippen molar-refractivity contribution in [2.24, 2.45) is 5.73 Å². The van der Waals surface area contributed by atoms with Gasteiger partial charge in [0.15, 0.2) is 5.75 Å². The number of pyridine rings is 1. The highest BCUT2D eigenvalue weighted by molar-refractivity contribution is 14.2. The predicted molar refractivity (Wildman–Crippen MR) is 132 cm³/mol. The minimum absolute atomic E-state index is 0.231. The zero-order valence-corrected chi connectivity index (χ0v) is 21.3. The molecular formula is C21H25BrIN5O3. The second kappa shape index (κ2) is 10.5. The van der Waals surface area contributed by atoms with Crippen molar-refractivity contribution < 1.29 is 14.3 Å². The summed E-state index contributed by atoms with van der Waals surface area (Å²) < 4.78 is 10.5. The lowest BCUT2D eigenvalue weighted by Crippen LogP contribution is -2.50. The van der Waals surface area contributed by atoms with Crippen LogP contribution in [-0.4, -0.2) is 61.4 Å².